The molecule has 0 aromatic heterocycles. The van der Waals surface area contributed by atoms with Gasteiger partial charge in [-0.1, -0.05) is 29.8 Å². The molecule has 0 saturated carbocycles. The molecule has 1 fully saturated rings. The van der Waals surface area contributed by atoms with Crippen LogP contribution >= 0.6 is 11.6 Å². The molecule has 1 amide bonds. The third-order valence-electron chi connectivity index (χ3n) is 3.54. The molecule has 1 aromatic rings. The maximum atomic E-state index is 12.2. The molecule has 1 atom stereocenters. The van der Waals surface area contributed by atoms with Gasteiger partial charge in [-0.2, -0.15) is 0 Å². The number of benzene rings is 1. The van der Waals surface area contributed by atoms with Gasteiger partial charge in [0, 0.05) is 31.7 Å². The molecule has 0 spiro atoms. The summed E-state index contributed by atoms with van der Waals surface area (Å²) in [6.07, 6.45) is 0.424. The minimum Gasteiger partial charge on any atom is -0.374 e. The molecule has 1 aliphatic heterocycles. The van der Waals surface area contributed by atoms with Gasteiger partial charge in [-0.05, 0) is 18.7 Å². The molecule has 0 bridgehead atoms. The highest BCUT2D eigenvalue weighted by Gasteiger charge is 2.21. The SMILES string of the molecule is CN1CCOC(CN(C)C(=O)Cc2ccccc2Cl)C1. The molecular formula is C15H21ClN2O2. The first-order valence-corrected chi connectivity index (χ1v) is 7.21. The lowest BCUT2D eigenvalue weighted by Gasteiger charge is -2.32. The highest BCUT2D eigenvalue weighted by Crippen LogP contribution is 2.16. The van der Waals surface area contributed by atoms with Crippen LogP contribution in [0.15, 0.2) is 24.3 Å². The predicted octanol–water partition coefficient (Wildman–Crippen LogP) is 1.67. The Bertz CT molecular complexity index is 467. The van der Waals surface area contributed by atoms with Gasteiger partial charge in [-0.3, -0.25) is 4.79 Å². The van der Waals surface area contributed by atoms with Gasteiger partial charge in [0.05, 0.1) is 19.1 Å². The van der Waals surface area contributed by atoms with Gasteiger partial charge in [0.2, 0.25) is 5.91 Å². The number of rotatable bonds is 4. The summed E-state index contributed by atoms with van der Waals surface area (Å²) in [6, 6.07) is 7.46. The van der Waals surface area contributed by atoms with E-state index in [1.807, 2.05) is 31.3 Å². The van der Waals surface area contributed by atoms with E-state index in [1.165, 1.54) is 0 Å². The number of carbonyl (C=O) groups excluding carboxylic acids is 1. The van der Waals surface area contributed by atoms with Crippen molar-refractivity contribution in [2.24, 2.45) is 0 Å². The Labute approximate surface area is 125 Å². The zero-order chi connectivity index (χ0) is 14.5. The Kier molecular flexibility index (Phi) is 5.40. The average Bonchev–Trinajstić information content (AvgIpc) is 2.41. The quantitative estimate of drug-likeness (QED) is 0.847. The summed E-state index contributed by atoms with van der Waals surface area (Å²) >= 11 is 6.08. The minimum absolute atomic E-state index is 0.0647. The fourth-order valence-corrected chi connectivity index (χ4v) is 2.53. The lowest BCUT2D eigenvalue weighted by atomic mass is 10.1. The van der Waals surface area contributed by atoms with Crippen molar-refractivity contribution in [2.45, 2.75) is 12.5 Å². The summed E-state index contributed by atoms with van der Waals surface area (Å²) in [5.74, 6) is 0.0647. The number of ether oxygens (including phenoxy) is 1. The number of morpholine rings is 1. The fraction of sp³-hybridized carbons (Fsp3) is 0.533. The average molecular weight is 297 g/mol. The fourth-order valence-electron chi connectivity index (χ4n) is 2.32. The van der Waals surface area contributed by atoms with Crippen LogP contribution in [-0.2, 0) is 16.0 Å². The molecule has 110 valence electrons. The molecule has 1 saturated heterocycles. The van der Waals surface area contributed by atoms with Gasteiger partial charge in [0.15, 0.2) is 0 Å². The van der Waals surface area contributed by atoms with Gasteiger partial charge in [-0.25, -0.2) is 0 Å². The third kappa shape index (κ3) is 4.20. The van der Waals surface area contributed by atoms with Crippen molar-refractivity contribution in [3.8, 4) is 0 Å². The molecule has 2 rings (SSSR count). The molecular weight excluding hydrogens is 276 g/mol. The van der Waals surface area contributed by atoms with Gasteiger partial charge >= 0.3 is 0 Å². The normalized spacial score (nSPS) is 19.9. The van der Waals surface area contributed by atoms with E-state index in [0.717, 1.165) is 25.3 Å². The van der Waals surface area contributed by atoms with Gasteiger partial charge in [0.1, 0.15) is 0 Å². The van der Waals surface area contributed by atoms with Gasteiger partial charge < -0.3 is 14.5 Å². The molecule has 0 N–H and O–H groups in total. The van der Waals surface area contributed by atoms with Crippen molar-refractivity contribution in [3.63, 3.8) is 0 Å². The molecule has 1 aliphatic rings. The Morgan fingerprint density at radius 1 is 1.50 bits per heavy atom. The Morgan fingerprint density at radius 2 is 2.25 bits per heavy atom. The second-order valence-electron chi connectivity index (χ2n) is 5.30. The topological polar surface area (TPSA) is 32.8 Å². The number of hydrogen-bond acceptors (Lipinski definition) is 3. The second kappa shape index (κ2) is 7.07. The van der Waals surface area contributed by atoms with Crippen molar-refractivity contribution < 1.29 is 9.53 Å². The standard InChI is InChI=1S/C15H21ClN2O2/c1-17-7-8-20-13(10-17)11-18(2)15(19)9-12-5-3-4-6-14(12)16/h3-6,13H,7-11H2,1-2H3. The van der Waals surface area contributed by atoms with Crippen LogP contribution in [-0.4, -0.2) is 62.1 Å². The Morgan fingerprint density at radius 3 is 2.95 bits per heavy atom. The third-order valence-corrected chi connectivity index (χ3v) is 3.91. The molecule has 1 aromatic carbocycles. The van der Waals surface area contributed by atoms with Crippen LogP contribution in [0.5, 0.6) is 0 Å². The van der Waals surface area contributed by atoms with Crippen LogP contribution in [0.3, 0.4) is 0 Å². The van der Waals surface area contributed by atoms with Crippen LogP contribution in [0, 0.1) is 0 Å². The second-order valence-corrected chi connectivity index (χ2v) is 5.70. The maximum Gasteiger partial charge on any atom is 0.226 e. The molecule has 0 radical (unpaired) electrons. The highest BCUT2D eigenvalue weighted by molar-refractivity contribution is 6.31. The van der Waals surface area contributed by atoms with Crippen LogP contribution in [0.1, 0.15) is 5.56 Å². The van der Waals surface area contributed by atoms with Crippen molar-refractivity contribution in [1.29, 1.82) is 0 Å². The van der Waals surface area contributed by atoms with E-state index < -0.39 is 0 Å². The summed E-state index contributed by atoms with van der Waals surface area (Å²) < 4.78 is 5.68. The molecule has 1 unspecified atom stereocenters. The predicted molar refractivity (Wildman–Crippen MR) is 80.0 cm³/mol. The summed E-state index contributed by atoms with van der Waals surface area (Å²) in [6.45, 7) is 3.17. The Hall–Kier alpha value is -1.10. The summed E-state index contributed by atoms with van der Waals surface area (Å²) in [4.78, 5) is 16.2. The number of hydrogen-bond donors (Lipinski definition) is 0. The number of likely N-dealkylation sites (N-methyl/N-ethyl adjacent to an activating group) is 2. The van der Waals surface area contributed by atoms with Gasteiger partial charge in [-0.15, -0.1) is 0 Å². The van der Waals surface area contributed by atoms with Crippen molar-refractivity contribution in [1.82, 2.24) is 9.80 Å². The van der Waals surface area contributed by atoms with Crippen LogP contribution in [0.25, 0.3) is 0 Å². The lowest BCUT2D eigenvalue weighted by Crippen LogP contribution is -2.46. The molecule has 20 heavy (non-hydrogen) atoms. The number of nitrogens with zero attached hydrogens (tertiary/aromatic N) is 2. The van der Waals surface area contributed by atoms with Crippen LogP contribution < -0.4 is 0 Å². The van der Waals surface area contributed by atoms with Crippen LogP contribution in [0.4, 0.5) is 0 Å². The van der Waals surface area contributed by atoms with Crippen molar-refractivity contribution >= 4 is 17.5 Å². The highest BCUT2D eigenvalue weighted by atomic mass is 35.5. The van der Waals surface area contributed by atoms with E-state index in [2.05, 4.69) is 11.9 Å². The lowest BCUT2D eigenvalue weighted by molar-refractivity contribution is -0.132. The Balaban J connectivity index is 1.87. The summed E-state index contributed by atoms with van der Waals surface area (Å²) in [5, 5.41) is 0.642. The summed E-state index contributed by atoms with van der Waals surface area (Å²) in [7, 11) is 3.89. The first-order chi connectivity index (χ1) is 9.56. The molecule has 1 heterocycles. The van der Waals surface area contributed by atoms with E-state index in [4.69, 9.17) is 16.3 Å². The van der Waals surface area contributed by atoms with E-state index in [9.17, 15) is 4.79 Å². The largest absolute Gasteiger partial charge is 0.374 e. The zero-order valence-electron chi connectivity index (χ0n) is 12.0. The minimum atomic E-state index is 0.0647. The maximum absolute atomic E-state index is 12.2. The number of carbonyl (C=O) groups is 1. The molecule has 0 aliphatic carbocycles. The molecule has 4 nitrogen and oxygen atoms in total. The smallest absolute Gasteiger partial charge is 0.226 e. The van der Waals surface area contributed by atoms with E-state index >= 15 is 0 Å². The molecule has 5 heteroatoms. The van der Waals surface area contributed by atoms with E-state index in [1.54, 1.807) is 4.90 Å². The van der Waals surface area contributed by atoms with E-state index in [-0.39, 0.29) is 12.0 Å². The first kappa shape index (κ1) is 15.3. The summed E-state index contributed by atoms with van der Waals surface area (Å²) in [5.41, 5.74) is 0.868. The van der Waals surface area contributed by atoms with Crippen LogP contribution in [0.2, 0.25) is 5.02 Å². The zero-order valence-corrected chi connectivity index (χ0v) is 12.8. The number of halogens is 1. The van der Waals surface area contributed by atoms with Gasteiger partial charge in [0.25, 0.3) is 0 Å². The van der Waals surface area contributed by atoms with Crippen molar-refractivity contribution in [2.75, 3.05) is 40.3 Å². The number of amides is 1. The van der Waals surface area contributed by atoms with E-state index in [0.29, 0.717) is 18.0 Å². The first-order valence-electron chi connectivity index (χ1n) is 6.84. The van der Waals surface area contributed by atoms with Crippen molar-refractivity contribution in [3.05, 3.63) is 34.9 Å². The monoisotopic (exact) mass is 296 g/mol.